The fourth-order valence-corrected chi connectivity index (χ4v) is 1.17. The van der Waals surface area contributed by atoms with Crippen LogP contribution in [0.3, 0.4) is 0 Å². The van der Waals surface area contributed by atoms with E-state index in [1.165, 1.54) is 5.56 Å². The van der Waals surface area contributed by atoms with Gasteiger partial charge in [0.15, 0.2) is 0 Å². The van der Waals surface area contributed by atoms with Gasteiger partial charge in [-0.05, 0) is 31.4 Å². The number of hydrogen-bond acceptors (Lipinski definition) is 1. The van der Waals surface area contributed by atoms with E-state index in [0.717, 1.165) is 18.5 Å². The zero-order valence-electron chi connectivity index (χ0n) is 7.46. The van der Waals surface area contributed by atoms with Crippen molar-refractivity contribution >= 4 is 5.69 Å². The lowest BCUT2D eigenvalue weighted by Crippen LogP contribution is -1.92. The molecule has 2 N–H and O–H groups in total. The first-order valence-corrected chi connectivity index (χ1v) is 4.29. The molecule has 0 aromatic heterocycles. The Balaban J connectivity index is 2.57. The van der Waals surface area contributed by atoms with E-state index < -0.39 is 0 Å². The first-order valence-electron chi connectivity index (χ1n) is 4.29. The average molecular weight is 161 g/mol. The molecule has 0 saturated carbocycles. The van der Waals surface area contributed by atoms with Gasteiger partial charge in [-0.1, -0.05) is 30.4 Å². The van der Waals surface area contributed by atoms with Crippen molar-refractivity contribution in [2.45, 2.75) is 19.8 Å². The standard InChI is InChI=1S/C11H15N/c1-2-3-4-7-10-8-5-6-9-11(10)12/h2-3,5-6,8-9H,4,7,12H2,1H3. The lowest BCUT2D eigenvalue weighted by Gasteiger charge is -2.01. The molecule has 0 fully saturated rings. The highest BCUT2D eigenvalue weighted by molar-refractivity contribution is 5.46. The summed E-state index contributed by atoms with van der Waals surface area (Å²) in [5.74, 6) is 0. The molecule has 0 unspecified atom stereocenters. The summed E-state index contributed by atoms with van der Waals surface area (Å²) in [5, 5.41) is 0. The van der Waals surface area contributed by atoms with Gasteiger partial charge in [-0.2, -0.15) is 0 Å². The van der Waals surface area contributed by atoms with Gasteiger partial charge in [0.25, 0.3) is 0 Å². The summed E-state index contributed by atoms with van der Waals surface area (Å²) < 4.78 is 0. The van der Waals surface area contributed by atoms with Gasteiger partial charge in [0, 0.05) is 5.69 Å². The van der Waals surface area contributed by atoms with E-state index in [2.05, 4.69) is 18.2 Å². The van der Waals surface area contributed by atoms with Crippen molar-refractivity contribution in [2.75, 3.05) is 5.73 Å². The Bertz CT molecular complexity index is 263. The molecule has 0 heterocycles. The predicted molar refractivity (Wildman–Crippen MR) is 54.0 cm³/mol. The van der Waals surface area contributed by atoms with Gasteiger partial charge in [0.05, 0.1) is 0 Å². The SMILES string of the molecule is CC=CCCc1ccccc1N. The van der Waals surface area contributed by atoms with E-state index in [1.54, 1.807) is 0 Å². The van der Waals surface area contributed by atoms with Gasteiger partial charge in [0.1, 0.15) is 0 Å². The van der Waals surface area contributed by atoms with E-state index in [-0.39, 0.29) is 0 Å². The van der Waals surface area contributed by atoms with E-state index in [4.69, 9.17) is 5.73 Å². The second-order valence-corrected chi connectivity index (χ2v) is 2.81. The van der Waals surface area contributed by atoms with Crippen molar-refractivity contribution in [1.82, 2.24) is 0 Å². The summed E-state index contributed by atoms with van der Waals surface area (Å²) in [5.41, 5.74) is 7.93. The maximum atomic E-state index is 5.78. The van der Waals surface area contributed by atoms with E-state index in [0.29, 0.717) is 0 Å². The molecule has 12 heavy (non-hydrogen) atoms. The normalized spacial score (nSPS) is 10.8. The minimum Gasteiger partial charge on any atom is -0.399 e. The van der Waals surface area contributed by atoms with Crippen LogP contribution in [-0.2, 0) is 6.42 Å². The van der Waals surface area contributed by atoms with Crippen LogP contribution in [0.25, 0.3) is 0 Å². The zero-order valence-corrected chi connectivity index (χ0v) is 7.46. The molecule has 0 radical (unpaired) electrons. The maximum Gasteiger partial charge on any atom is 0.0346 e. The van der Waals surface area contributed by atoms with Crippen LogP contribution in [0.4, 0.5) is 5.69 Å². The number of para-hydroxylation sites is 1. The van der Waals surface area contributed by atoms with Crippen molar-refractivity contribution in [2.24, 2.45) is 0 Å². The number of aryl methyl sites for hydroxylation is 1. The molecule has 0 aliphatic rings. The van der Waals surface area contributed by atoms with Crippen LogP contribution in [0.5, 0.6) is 0 Å². The third kappa shape index (κ3) is 2.42. The third-order valence-electron chi connectivity index (χ3n) is 1.87. The summed E-state index contributed by atoms with van der Waals surface area (Å²) in [4.78, 5) is 0. The number of allylic oxidation sites excluding steroid dienone is 2. The van der Waals surface area contributed by atoms with Crippen LogP contribution in [0, 0.1) is 0 Å². The third-order valence-corrected chi connectivity index (χ3v) is 1.87. The lowest BCUT2D eigenvalue weighted by molar-refractivity contribution is 1.00. The highest BCUT2D eigenvalue weighted by atomic mass is 14.6. The molecule has 64 valence electrons. The maximum absolute atomic E-state index is 5.78. The Morgan fingerprint density at radius 3 is 2.75 bits per heavy atom. The molecule has 1 heteroatoms. The molecule has 1 aromatic rings. The summed E-state index contributed by atoms with van der Waals surface area (Å²) >= 11 is 0. The molecule has 0 aliphatic heterocycles. The van der Waals surface area contributed by atoms with Crippen molar-refractivity contribution in [1.29, 1.82) is 0 Å². The van der Waals surface area contributed by atoms with Crippen molar-refractivity contribution in [3.05, 3.63) is 42.0 Å². The van der Waals surface area contributed by atoms with Crippen LogP contribution in [0.15, 0.2) is 36.4 Å². The number of rotatable bonds is 3. The van der Waals surface area contributed by atoms with Gasteiger partial charge in [-0.25, -0.2) is 0 Å². The number of anilines is 1. The summed E-state index contributed by atoms with van der Waals surface area (Å²) in [6.45, 7) is 2.04. The van der Waals surface area contributed by atoms with Crippen LogP contribution < -0.4 is 5.73 Å². The molecule has 0 aliphatic carbocycles. The number of nitrogen functional groups attached to an aromatic ring is 1. The molecule has 0 bridgehead atoms. The molecule has 0 spiro atoms. The van der Waals surface area contributed by atoms with Gasteiger partial charge < -0.3 is 5.73 Å². The van der Waals surface area contributed by atoms with Gasteiger partial charge in [0.2, 0.25) is 0 Å². The Kier molecular flexibility index (Phi) is 3.39. The van der Waals surface area contributed by atoms with Gasteiger partial charge in [-0.3, -0.25) is 0 Å². The minimum atomic E-state index is 0.905. The minimum absolute atomic E-state index is 0.905. The van der Waals surface area contributed by atoms with Crippen molar-refractivity contribution in [3.63, 3.8) is 0 Å². The summed E-state index contributed by atoms with van der Waals surface area (Å²) in [6, 6.07) is 8.03. The van der Waals surface area contributed by atoms with Gasteiger partial charge >= 0.3 is 0 Å². The topological polar surface area (TPSA) is 26.0 Å². The molecule has 1 aromatic carbocycles. The Morgan fingerprint density at radius 1 is 1.33 bits per heavy atom. The van der Waals surface area contributed by atoms with E-state index in [9.17, 15) is 0 Å². The van der Waals surface area contributed by atoms with Gasteiger partial charge in [-0.15, -0.1) is 0 Å². The first kappa shape index (κ1) is 8.85. The molecular weight excluding hydrogens is 146 g/mol. The summed E-state index contributed by atoms with van der Waals surface area (Å²) in [6.07, 6.45) is 6.34. The van der Waals surface area contributed by atoms with Crippen molar-refractivity contribution in [3.8, 4) is 0 Å². The molecule has 0 saturated heterocycles. The largest absolute Gasteiger partial charge is 0.399 e. The summed E-state index contributed by atoms with van der Waals surface area (Å²) in [7, 11) is 0. The fourth-order valence-electron chi connectivity index (χ4n) is 1.17. The molecule has 0 amide bonds. The second kappa shape index (κ2) is 4.60. The van der Waals surface area contributed by atoms with Crippen LogP contribution in [0.2, 0.25) is 0 Å². The average Bonchev–Trinajstić information content (AvgIpc) is 2.09. The Hall–Kier alpha value is -1.24. The zero-order chi connectivity index (χ0) is 8.81. The highest BCUT2D eigenvalue weighted by Gasteiger charge is 1.94. The lowest BCUT2D eigenvalue weighted by atomic mass is 10.1. The quantitative estimate of drug-likeness (QED) is 0.535. The smallest absolute Gasteiger partial charge is 0.0346 e. The van der Waals surface area contributed by atoms with Crippen molar-refractivity contribution < 1.29 is 0 Å². The molecule has 0 atom stereocenters. The molecule has 1 rings (SSSR count). The highest BCUT2D eigenvalue weighted by Crippen LogP contribution is 2.12. The van der Waals surface area contributed by atoms with Crippen LogP contribution in [0.1, 0.15) is 18.9 Å². The number of nitrogens with two attached hydrogens (primary N) is 1. The number of benzene rings is 1. The number of hydrogen-bond donors (Lipinski definition) is 1. The monoisotopic (exact) mass is 161 g/mol. The Morgan fingerprint density at radius 2 is 2.08 bits per heavy atom. The molecular formula is C11H15N. The van der Waals surface area contributed by atoms with Crippen LogP contribution in [-0.4, -0.2) is 0 Å². The predicted octanol–water partition coefficient (Wildman–Crippen LogP) is 2.78. The Labute approximate surface area is 73.9 Å². The fraction of sp³-hybridized carbons (Fsp3) is 0.273. The van der Waals surface area contributed by atoms with Crippen LogP contribution >= 0.6 is 0 Å². The van der Waals surface area contributed by atoms with E-state index >= 15 is 0 Å². The van der Waals surface area contributed by atoms with E-state index in [1.807, 2.05) is 25.1 Å². The second-order valence-electron chi connectivity index (χ2n) is 2.81. The molecule has 1 nitrogen and oxygen atoms in total. The first-order chi connectivity index (χ1) is 5.84.